The third-order valence-corrected chi connectivity index (χ3v) is 2.23. The number of carbonyl (C=O) groups is 1. The van der Waals surface area contributed by atoms with Crippen molar-refractivity contribution in [2.24, 2.45) is 0 Å². The molecule has 0 N–H and O–H groups in total. The first-order valence-electron chi connectivity index (χ1n) is 4.37. The summed E-state index contributed by atoms with van der Waals surface area (Å²) in [6, 6.07) is 0. The molecule has 1 aliphatic rings. The van der Waals surface area contributed by atoms with Crippen molar-refractivity contribution in [3.8, 4) is 0 Å². The van der Waals surface area contributed by atoms with Crippen LogP contribution in [0.25, 0.3) is 0 Å². The van der Waals surface area contributed by atoms with Crippen LogP contribution in [0.1, 0.15) is 26.2 Å². The van der Waals surface area contributed by atoms with Gasteiger partial charge in [-0.15, -0.1) is 0 Å². The van der Waals surface area contributed by atoms with Gasteiger partial charge in [0, 0.05) is 27.6 Å². The van der Waals surface area contributed by atoms with Crippen LogP contribution in [0.4, 0.5) is 0 Å². The number of hydrogen-bond donors (Lipinski definition) is 0. The second-order valence-electron chi connectivity index (χ2n) is 3.38. The molecule has 0 atom stereocenters. The summed E-state index contributed by atoms with van der Waals surface area (Å²) in [5, 5.41) is 0. The molecule has 0 amide bonds. The van der Waals surface area contributed by atoms with Crippen molar-refractivity contribution >= 4 is 5.97 Å². The first-order chi connectivity index (χ1) is 6.12. The maximum Gasteiger partial charge on any atom is 0.303 e. The largest absolute Gasteiger partial charge is 0.459 e. The van der Waals surface area contributed by atoms with Crippen LogP contribution in [0.3, 0.4) is 0 Å². The molecule has 1 rings (SSSR count). The highest BCUT2D eigenvalue weighted by Crippen LogP contribution is 2.44. The second kappa shape index (κ2) is 4.07. The number of ether oxygens (including phenoxy) is 3. The van der Waals surface area contributed by atoms with Gasteiger partial charge in [-0.1, -0.05) is 0 Å². The van der Waals surface area contributed by atoms with Crippen LogP contribution in [0, 0.1) is 0 Å². The first kappa shape index (κ1) is 10.5. The first-order valence-corrected chi connectivity index (χ1v) is 4.37. The molecule has 0 saturated heterocycles. The molecule has 0 aliphatic heterocycles. The molecule has 4 nitrogen and oxygen atoms in total. The van der Waals surface area contributed by atoms with Gasteiger partial charge in [-0.3, -0.25) is 4.79 Å². The van der Waals surface area contributed by atoms with E-state index in [0.29, 0.717) is 6.42 Å². The van der Waals surface area contributed by atoms with Crippen LogP contribution in [0.15, 0.2) is 0 Å². The molecule has 4 heteroatoms. The molecular formula is C9H16O4. The highest BCUT2D eigenvalue weighted by atomic mass is 16.7. The summed E-state index contributed by atoms with van der Waals surface area (Å²) in [5.74, 6) is -0.233. The van der Waals surface area contributed by atoms with E-state index < -0.39 is 0 Å². The molecular weight excluding hydrogens is 172 g/mol. The van der Waals surface area contributed by atoms with E-state index in [0.717, 1.165) is 12.8 Å². The molecule has 1 saturated carbocycles. The van der Waals surface area contributed by atoms with Crippen LogP contribution in [-0.2, 0) is 19.0 Å². The van der Waals surface area contributed by atoms with Crippen molar-refractivity contribution in [2.75, 3.05) is 14.2 Å². The summed E-state index contributed by atoms with van der Waals surface area (Å²) >= 11 is 0. The molecule has 0 aromatic carbocycles. The van der Waals surface area contributed by atoms with Gasteiger partial charge in [0.1, 0.15) is 5.60 Å². The third kappa shape index (κ3) is 2.97. The summed E-state index contributed by atoms with van der Waals surface area (Å²) in [6.07, 6.45) is 2.17. The average Bonchev–Trinajstić information content (AvgIpc) is 2.80. The van der Waals surface area contributed by atoms with Crippen LogP contribution in [-0.4, -0.2) is 32.1 Å². The van der Waals surface area contributed by atoms with E-state index in [-0.39, 0.29) is 17.9 Å². The predicted molar refractivity (Wildman–Crippen MR) is 46.2 cm³/mol. The SMILES string of the molecule is COC(CC1(OC(C)=O)CC1)OC. The summed E-state index contributed by atoms with van der Waals surface area (Å²) < 4.78 is 15.3. The van der Waals surface area contributed by atoms with Gasteiger partial charge < -0.3 is 14.2 Å². The van der Waals surface area contributed by atoms with E-state index in [1.54, 1.807) is 14.2 Å². The Kier molecular flexibility index (Phi) is 3.27. The van der Waals surface area contributed by atoms with Crippen molar-refractivity contribution in [1.29, 1.82) is 0 Å². The molecule has 0 unspecified atom stereocenters. The standard InChI is InChI=1S/C9H16O4/c1-7(10)13-9(4-5-9)6-8(11-2)12-3/h8H,4-6H2,1-3H3. The quantitative estimate of drug-likeness (QED) is 0.478. The fourth-order valence-corrected chi connectivity index (χ4v) is 1.36. The lowest BCUT2D eigenvalue weighted by Crippen LogP contribution is -2.26. The summed E-state index contributed by atoms with van der Waals surface area (Å²) in [5.41, 5.74) is -0.303. The number of carbonyl (C=O) groups excluding carboxylic acids is 1. The average molecular weight is 188 g/mol. The lowest BCUT2D eigenvalue weighted by atomic mass is 10.2. The van der Waals surface area contributed by atoms with Crippen molar-refractivity contribution in [1.82, 2.24) is 0 Å². The van der Waals surface area contributed by atoms with Crippen LogP contribution < -0.4 is 0 Å². The normalized spacial score (nSPS) is 18.8. The summed E-state index contributed by atoms with van der Waals surface area (Å²) in [6.45, 7) is 1.43. The van der Waals surface area contributed by atoms with Crippen LogP contribution in [0.5, 0.6) is 0 Å². The third-order valence-electron chi connectivity index (χ3n) is 2.23. The van der Waals surface area contributed by atoms with Gasteiger partial charge in [-0.2, -0.15) is 0 Å². The molecule has 0 bridgehead atoms. The van der Waals surface area contributed by atoms with E-state index in [1.165, 1.54) is 6.92 Å². The molecule has 0 radical (unpaired) electrons. The molecule has 0 aromatic rings. The van der Waals surface area contributed by atoms with E-state index in [1.807, 2.05) is 0 Å². The van der Waals surface area contributed by atoms with Gasteiger partial charge in [0.25, 0.3) is 0 Å². The Bertz CT molecular complexity index is 182. The Morgan fingerprint density at radius 1 is 1.38 bits per heavy atom. The molecule has 76 valence electrons. The van der Waals surface area contributed by atoms with Crippen molar-refractivity contribution in [3.05, 3.63) is 0 Å². The topological polar surface area (TPSA) is 44.8 Å². The Balaban J connectivity index is 2.37. The predicted octanol–water partition coefficient (Wildman–Crippen LogP) is 1.09. The minimum Gasteiger partial charge on any atom is -0.459 e. The maximum absolute atomic E-state index is 10.8. The van der Waals surface area contributed by atoms with Gasteiger partial charge in [-0.25, -0.2) is 0 Å². The van der Waals surface area contributed by atoms with Gasteiger partial charge >= 0.3 is 5.97 Å². The summed E-state index contributed by atoms with van der Waals surface area (Å²) in [7, 11) is 3.16. The zero-order valence-electron chi connectivity index (χ0n) is 8.33. The number of hydrogen-bond acceptors (Lipinski definition) is 4. The van der Waals surface area contributed by atoms with E-state index in [2.05, 4.69) is 0 Å². The molecule has 0 aromatic heterocycles. The monoisotopic (exact) mass is 188 g/mol. The fraction of sp³-hybridized carbons (Fsp3) is 0.889. The lowest BCUT2D eigenvalue weighted by Gasteiger charge is -2.20. The van der Waals surface area contributed by atoms with Gasteiger partial charge in [0.15, 0.2) is 6.29 Å². The van der Waals surface area contributed by atoms with E-state index in [4.69, 9.17) is 14.2 Å². The minimum atomic E-state index is -0.303. The zero-order valence-corrected chi connectivity index (χ0v) is 8.33. The number of rotatable bonds is 5. The molecule has 1 aliphatic carbocycles. The minimum absolute atomic E-state index is 0.233. The summed E-state index contributed by atoms with van der Waals surface area (Å²) in [4.78, 5) is 10.8. The van der Waals surface area contributed by atoms with E-state index >= 15 is 0 Å². The van der Waals surface area contributed by atoms with Crippen LogP contribution in [0.2, 0.25) is 0 Å². The van der Waals surface area contributed by atoms with Crippen LogP contribution >= 0.6 is 0 Å². The number of esters is 1. The second-order valence-corrected chi connectivity index (χ2v) is 3.38. The Morgan fingerprint density at radius 3 is 2.23 bits per heavy atom. The molecule has 0 spiro atoms. The highest BCUT2D eigenvalue weighted by Gasteiger charge is 2.48. The van der Waals surface area contributed by atoms with Crippen molar-refractivity contribution < 1.29 is 19.0 Å². The Morgan fingerprint density at radius 2 is 1.92 bits per heavy atom. The number of methoxy groups -OCH3 is 2. The zero-order chi connectivity index (χ0) is 9.90. The fourth-order valence-electron chi connectivity index (χ4n) is 1.36. The Hall–Kier alpha value is -0.610. The highest BCUT2D eigenvalue weighted by molar-refractivity contribution is 5.66. The lowest BCUT2D eigenvalue weighted by molar-refractivity contribution is -0.161. The van der Waals surface area contributed by atoms with Gasteiger partial charge in [0.05, 0.1) is 0 Å². The smallest absolute Gasteiger partial charge is 0.303 e. The molecule has 13 heavy (non-hydrogen) atoms. The molecule has 0 heterocycles. The van der Waals surface area contributed by atoms with Crippen molar-refractivity contribution in [2.45, 2.75) is 38.1 Å². The Labute approximate surface area is 78.2 Å². The van der Waals surface area contributed by atoms with E-state index in [9.17, 15) is 4.79 Å². The van der Waals surface area contributed by atoms with Gasteiger partial charge in [-0.05, 0) is 12.8 Å². The molecule has 1 fully saturated rings. The van der Waals surface area contributed by atoms with Crippen molar-refractivity contribution in [3.63, 3.8) is 0 Å². The van der Waals surface area contributed by atoms with Gasteiger partial charge in [0.2, 0.25) is 0 Å². The maximum atomic E-state index is 10.8.